The van der Waals surface area contributed by atoms with Gasteiger partial charge in [0.05, 0.1) is 7.11 Å². The molecule has 0 N–H and O–H groups in total. The van der Waals surface area contributed by atoms with Crippen LogP contribution in [-0.4, -0.2) is 28.7 Å². The number of aromatic nitrogens is 3. The van der Waals surface area contributed by atoms with Gasteiger partial charge >= 0.3 is 12.0 Å². The Bertz CT molecular complexity index is 265. The maximum absolute atomic E-state index is 5.04. The largest absolute Gasteiger partial charge is 0.467 e. The van der Waals surface area contributed by atoms with Crippen molar-refractivity contribution >= 4 is 0 Å². The fraction of sp³-hybridized carbons (Fsp3) is 0.286. The zero-order valence-electron chi connectivity index (χ0n) is 6.73. The van der Waals surface area contributed by atoms with Gasteiger partial charge in [0.1, 0.15) is 12.9 Å². The second kappa shape index (κ2) is 4.27. The van der Waals surface area contributed by atoms with Crippen molar-refractivity contribution < 1.29 is 9.47 Å². The van der Waals surface area contributed by atoms with E-state index >= 15 is 0 Å². The smallest absolute Gasteiger partial charge is 0.322 e. The quantitative estimate of drug-likeness (QED) is 0.609. The van der Waals surface area contributed by atoms with E-state index in [4.69, 9.17) is 9.47 Å². The lowest BCUT2D eigenvalue weighted by Gasteiger charge is -2.00. The lowest BCUT2D eigenvalue weighted by molar-refractivity contribution is 0.312. The van der Waals surface area contributed by atoms with Crippen LogP contribution < -0.4 is 9.47 Å². The molecule has 0 spiro atoms. The van der Waals surface area contributed by atoms with Gasteiger partial charge in [0.15, 0.2) is 0 Å². The molecular formula is C7H9N3O2. The summed E-state index contributed by atoms with van der Waals surface area (Å²) in [6.07, 6.45) is 2.93. The number of hydrogen-bond donors (Lipinski definition) is 0. The molecule has 1 aromatic rings. The molecule has 0 atom stereocenters. The average molecular weight is 167 g/mol. The van der Waals surface area contributed by atoms with Crippen molar-refractivity contribution in [3.05, 3.63) is 19.0 Å². The molecule has 0 unspecified atom stereocenters. The Hall–Kier alpha value is -1.65. The third kappa shape index (κ3) is 2.19. The molecule has 1 rings (SSSR count). The van der Waals surface area contributed by atoms with Crippen molar-refractivity contribution in [3.63, 3.8) is 0 Å². The van der Waals surface area contributed by atoms with Crippen LogP contribution in [0.4, 0.5) is 0 Å². The van der Waals surface area contributed by atoms with Crippen LogP contribution in [0.15, 0.2) is 19.0 Å². The van der Waals surface area contributed by atoms with Crippen molar-refractivity contribution in [2.75, 3.05) is 13.7 Å². The van der Waals surface area contributed by atoms with Crippen molar-refractivity contribution in [1.29, 1.82) is 0 Å². The summed E-state index contributed by atoms with van der Waals surface area (Å²) in [5.41, 5.74) is 0. The Morgan fingerprint density at radius 1 is 1.50 bits per heavy atom. The molecule has 0 aromatic carbocycles. The summed E-state index contributed by atoms with van der Waals surface area (Å²) >= 11 is 0. The summed E-state index contributed by atoms with van der Waals surface area (Å²) in [6.45, 7) is 3.86. The van der Waals surface area contributed by atoms with Gasteiger partial charge in [-0.2, -0.15) is 9.97 Å². The second-order valence-electron chi connectivity index (χ2n) is 1.85. The number of methoxy groups -OCH3 is 1. The summed E-state index contributed by atoms with van der Waals surface area (Å²) in [5, 5.41) is 0. The number of rotatable bonds is 4. The van der Waals surface area contributed by atoms with Gasteiger partial charge in [-0.15, -0.1) is 4.98 Å². The maximum atomic E-state index is 5.04. The van der Waals surface area contributed by atoms with Crippen molar-refractivity contribution in [2.24, 2.45) is 0 Å². The van der Waals surface area contributed by atoms with E-state index in [0.29, 0.717) is 6.61 Å². The molecule has 0 aliphatic rings. The van der Waals surface area contributed by atoms with Crippen LogP contribution in [-0.2, 0) is 0 Å². The molecule has 0 radical (unpaired) electrons. The highest BCUT2D eigenvalue weighted by atomic mass is 16.5. The van der Waals surface area contributed by atoms with Gasteiger partial charge in [0.25, 0.3) is 0 Å². The Kier molecular flexibility index (Phi) is 3.01. The van der Waals surface area contributed by atoms with E-state index < -0.39 is 0 Å². The predicted octanol–water partition coefficient (Wildman–Crippen LogP) is 0.445. The highest BCUT2D eigenvalue weighted by Crippen LogP contribution is 2.04. The first-order valence-corrected chi connectivity index (χ1v) is 3.33. The average Bonchev–Trinajstić information content (AvgIpc) is 2.15. The molecule has 1 aromatic heterocycles. The SMILES string of the molecule is C=CCOc1ncnc(OC)n1. The molecule has 0 fully saturated rings. The first-order chi connectivity index (χ1) is 5.86. The monoisotopic (exact) mass is 167 g/mol. The molecule has 12 heavy (non-hydrogen) atoms. The molecule has 5 nitrogen and oxygen atoms in total. The van der Waals surface area contributed by atoms with Gasteiger partial charge in [-0.3, -0.25) is 0 Å². The lowest BCUT2D eigenvalue weighted by atomic mass is 10.7. The summed E-state index contributed by atoms with van der Waals surface area (Å²) in [4.78, 5) is 11.3. The second-order valence-corrected chi connectivity index (χ2v) is 1.85. The van der Waals surface area contributed by atoms with Crippen LogP contribution >= 0.6 is 0 Å². The van der Waals surface area contributed by atoms with Crippen LogP contribution in [0, 0.1) is 0 Å². The van der Waals surface area contributed by atoms with Gasteiger partial charge in [-0.25, -0.2) is 0 Å². The van der Waals surface area contributed by atoms with Gasteiger partial charge in [0.2, 0.25) is 0 Å². The molecule has 0 bridgehead atoms. The minimum Gasteiger partial charge on any atom is -0.467 e. The molecule has 0 aliphatic heterocycles. The third-order valence-corrected chi connectivity index (χ3v) is 1.04. The third-order valence-electron chi connectivity index (χ3n) is 1.04. The Morgan fingerprint density at radius 3 is 2.92 bits per heavy atom. The highest BCUT2D eigenvalue weighted by Gasteiger charge is 1.98. The van der Waals surface area contributed by atoms with Crippen LogP contribution in [0.5, 0.6) is 12.0 Å². The topological polar surface area (TPSA) is 57.1 Å². The van der Waals surface area contributed by atoms with Gasteiger partial charge in [0, 0.05) is 0 Å². The zero-order chi connectivity index (χ0) is 8.81. The highest BCUT2D eigenvalue weighted by molar-refractivity contribution is 4.99. The normalized spacial score (nSPS) is 9.08. The molecule has 0 aliphatic carbocycles. The fourth-order valence-corrected chi connectivity index (χ4v) is 0.569. The summed E-state index contributed by atoms with van der Waals surface area (Å²) in [5.74, 6) is 0. The molecule has 0 saturated carbocycles. The molecule has 64 valence electrons. The van der Waals surface area contributed by atoms with Crippen molar-refractivity contribution in [3.8, 4) is 12.0 Å². The Labute approximate surface area is 70.1 Å². The minimum atomic E-state index is 0.238. The van der Waals surface area contributed by atoms with E-state index in [-0.39, 0.29) is 12.0 Å². The van der Waals surface area contributed by atoms with E-state index in [2.05, 4.69) is 21.5 Å². The first-order valence-electron chi connectivity index (χ1n) is 3.33. The van der Waals surface area contributed by atoms with Crippen LogP contribution in [0.3, 0.4) is 0 Å². The molecular weight excluding hydrogens is 158 g/mol. The fourth-order valence-electron chi connectivity index (χ4n) is 0.569. The minimum absolute atomic E-state index is 0.238. The Morgan fingerprint density at radius 2 is 2.25 bits per heavy atom. The molecule has 5 heteroatoms. The first kappa shape index (κ1) is 8.45. The maximum Gasteiger partial charge on any atom is 0.322 e. The van der Waals surface area contributed by atoms with E-state index in [0.717, 1.165) is 0 Å². The summed E-state index contributed by atoms with van der Waals surface area (Å²) in [7, 11) is 1.48. The number of hydrogen-bond acceptors (Lipinski definition) is 5. The predicted molar refractivity (Wildman–Crippen MR) is 42.1 cm³/mol. The van der Waals surface area contributed by atoms with Crippen molar-refractivity contribution in [2.45, 2.75) is 0 Å². The number of ether oxygens (including phenoxy) is 2. The summed E-state index contributed by atoms with van der Waals surface area (Å²) in [6, 6.07) is 0.478. The lowest BCUT2D eigenvalue weighted by Crippen LogP contribution is -2.00. The van der Waals surface area contributed by atoms with E-state index in [9.17, 15) is 0 Å². The molecule has 0 amide bonds. The van der Waals surface area contributed by atoms with E-state index in [1.54, 1.807) is 6.08 Å². The van der Waals surface area contributed by atoms with Gasteiger partial charge in [-0.05, 0) is 0 Å². The van der Waals surface area contributed by atoms with Crippen molar-refractivity contribution in [1.82, 2.24) is 15.0 Å². The van der Waals surface area contributed by atoms with Gasteiger partial charge < -0.3 is 9.47 Å². The van der Waals surface area contributed by atoms with Crippen LogP contribution in [0.2, 0.25) is 0 Å². The van der Waals surface area contributed by atoms with E-state index in [1.165, 1.54) is 13.4 Å². The summed E-state index contributed by atoms with van der Waals surface area (Å²) < 4.78 is 9.80. The van der Waals surface area contributed by atoms with E-state index in [1.807, 2.05) is 0 Å². The Balaban J connectivity index is 2.65. The zero-order valence-corrected chi connectivity index (χ0v) is 6.73. The molecule has 1 heterocycles. The van der Waals surface area contributed by atoms with Gasteiger partial charge in [-0.1, -0.05) is 12.7 Å². The standard InChI is InChI=1S/C7H9N3O2/c1-3-4-12-7-9-5-8-6(10-7)11-2/h3,5H,1,4H2,2H3. The number of nitrogens with zero attached hydrogens (tertiary/aromatic N) is 3. The molecule has 0 saturated heterocycles. The van der Waals surface area contributed by atoms with Crippen LogP contribution in [0.25, 0.3) is 0 Å². The van der Waals surface area contributed by atoms with Crippen LogP contribution in [0.1, 0.15) is 0 Å².